The van der Waals surface area contributed by atoms with E-state index in [1.807, 2.05) is 24.3 Å². The highest BCUT2D eigenvalue weighted by atomic mass is 16.5. The van der Waals surface area contributed by atoms with E-state index in [9.17, 15) is 0 Å². The van der Waals surface area contributed by atoms with Crippen LogP contribution in [-0.4, -0.2) is 19.8 Å². The number of nitrogens with zero attached hydrogens (tertiary/aromatic N) is 1. The largest absolute Gasteiger partial charge is 0.491 e. The van der Waals surface area contributed by atoms with E-state index < -0.39 is 0 Å². The molecule has 0 aromatic heterocycles. The summed E-state index contributed by atoms with van der Waals surface area (Å²) in [7, 11) is 0. The monoisotopic (exact) mass is 233 g/mol. The van der Waals surface area contributed by atoms with Gasteiger partial charge in [-0.3, -0.25) is 0 Å². The quantitative estimate of drug-likeness (QED) is 0.648. The highest BCUT2D eigenvalue weighted by Crippen LogP contribution is 2.12. The van der Waals surface area contributed by atoms with E-state index in [4.69, 9.17) is 14.7 Å². The first kappa shape index (κ1) is 13.5. The minimum absolute atomic E-state index is 0.445. The molecule has 0 radical (unpaired) electrons. The molecule has 0 saturated heterocycles. The van der Waals surface area contributed by atoms with Crippen LogP contribution in [0.4, 0.5) is 0 Å². The maximum atomic E-state index is 8.54. The summed E-state index contributed by atoms with van der Waals surface area (Å²) in [6, 6.07) is 9.72. The summed E-state index contributed by atoms with van der Waals surface area (Å²) in [5, 5.41) is 8.54. The van der Waals surface area contributed by atoms with Gasteiger partial charge in [0.15, 0.2) is 0 Å². The lowest BCUT2D eigenvalue weighted by Crippen LogP contribution is -2.07. The number of benzene rings is 1. The Morgan fingerprint density at radius 1 is 1.12 bits per heavy atom. The lowest BCUT2D eigenvalue weighted by atomic mass is 10.2. The molecule has 0 aliphatic heterocycles. The Balaban J connectivity index is 2.17. The normalized spacial score (nSPS) is 9.88. The predicted octanol–water partition coefficient (Wildman–Crippen LogP) is 2.95. The molecule has 0 fully saturated rings. The first-order valence-corrected chi connectivity index (χ1v) is 6.03. The summed E-state index contributed by atoms with van der Waals surface area (Å²) in [4.78, 5) is 0. The number of hydrogen-bond acceptors (Lipinski definition) is 3. The zero-order valence-corrected chi connectivity index (χ0v) is 10.3. The van der Waals surface area contributed by atoms with Crippen molar-refractivity contribution in [2.75, 3.05) is 19.8 Å². The molecule has 0 aliphatic carbocycles. The second-order valence-electron chi connectivity index (χ2n) is 3.79. The molecule has 17 heavy (non-hydrogen) atoms. The Kier molecular flexibility index (Phi) is 6.85. The second kappa shape index (κ2) is 8.60. The molecule has 1 aromatic rings. The molecule has 0 heterocycles. The van der Waals surface area contributed by atoms with Crippen LogP contribution in [0.2, 0.25) is 0 Å². The molecular weight excluding hydrogens is 214 g/mol. The molecule has 1 rings (SSSR count). The SMILES string of the molecule is CCCCOCCOc1ccc(CC#N)cc1. The van der Waals surface area contributed by atoms with Crippen LogP contribution >= 0.6 is 0 Å². The third kappa shape index (κ3) is 5.94. The van der Waals surface area contributed by atoms with Crippen LogP contribution in [-0.2, 0) is 11.2 Å². The van der Waals surface area contributed by atoms with Crippen molar-refractivity contribution < 1.29 is 9.47 Å². The van der Waals surface area contributed by atoms with E-state index in [-0.39, 0.29) is 0 Å². The van der Waals surface area contributed by atoms with Gasteiger partial charge in [-0.15, -0.1) is 0 Å². The third-order valence-electron chi connectivity index (χ3n) is 2.35. The molecule has 0 aliphatic rings. The highest BCUT2D eigenvalue weighted by Gasteiger charge is 1.95. The van der Waals surface area contributed by atoms with Crippen LogP contribution in [0.15, 0.2) is 24.3 Å². The molecule has 92 valence electrons. The third-order valence-corrected chi connectivity index (χ3v) is 2.35. The van der Waals surface area contributed by atoms with Crippen molar-refractivity contribution >= 4 is 0 Å². The zero-order chi connectivity index (χ0) is 12.3. The summed E-state index contributed by atoms with van der Waals surface area (Å²) in [5.41, 5.74) is 1.01. The van der Waals surface area contributed by atoms with Gasteiger partial charge in [0.05, 0.1) is 19.1 Å². The van der Waals surface area contributed by atoms with Gasteiger partial charge in [0.25, 0.3) is 0 Å². The number of rotatable bonds is 8. The van der Waals surface area contributed by atoms with Crippen molar-refractivity contribution in [2.45, 2.75) is 26.2 Å². The molecule has 0 spiro atoms. The fourth-order valence-corrected chi connectivity index (χ4v) is 1.36. The molecule has 0 N–H and O–H groups in total. The Morgan fingerprint density at radius 3 is 2.53 bits per heavy atom. The maximum Gasteiger partial charge on any atom is 0.119 e. The van der Waals surface area contributed by atoms with Gasteiger partial charge in [-0.1, -0.05) is 25.5 Å². The minimum atomic E-state index is 0.445. The van der Waals surface area contributed by atoms with Crippen molar-refractivity contribution in [3.8, 4) is 11.8 Å². The highest BCUT2D eigenvalue weighted by molar-refractivity contribution is 5.28. The lowest BCUT2D eigenvalue weighted by Gasteiger charge is -2.07. The first-order chi connectivity index (χ1) is 8.36. The van der Waals surface area contributed by atoms with Crippen LogP contribution in [0.1, 0.15) is 25.3 Å². The van der Waals surface area contributed by atoms with Crippen molar-refractivity contribution in [3.63, 3.8) is 0 Å². The van der Waals surface area contributed by atoms with E-state index in [1.165, 1.54) is 0 Å². The molecule has 3 nitrogen and oxygen atoms in total. The number of unbranched alkanes of at least 4 members (excludes halogenated alkanes) is 1. The maximum absolute atomic E-state index is 8.54. The van der Waals surface area contributed by atoms with E-state index >= 15 is 0 Å². The molecule has 1 aromatic carbocycles. The average Bonchev–Trinajstić information content (AvgIpc) is 2.36. The first-order valence-electron chi connectivity index (χ1n) is 6.03. The van der Waals surface area contributed by atoms with Gasteiger partial charge < -0.3 is 9.47 Å². The van der Waals surface area contributed by atoms with Gasteiger partial charge in [-0.25, -0.2) is 0 Å². The number of nitriles is 1. The van der Waals surface area contributed by atoms with E-state index in [0.29, 0.717) is 19.6 Å². The van der Waals surface area contributed by atoms with E-state index in [2.05, 4.69) is 13.0 Å². The molecule has 0 saturated carbocycles. The standard InChI is InChI=1S/C14H19NO2/c1-2-3-10-16-11-12-17-14-6-4-13(5-7-14)8-9-15/h4-7H,2-3,8,10-12H2,1H3. The average molecular weight is 233 g/mol. The number of hydrogen-bond donors (Lipinski definition) is 0. The minimum Gasteiger partial charge on any atom is -0.491 e. The zero-order valence-electron chi connectivity index (χ0n) is 10.3. The van der Waals surface area contributed by atoms with Crippen LogP contribution in [0.5, 0.6) is 5.75 Å². The molecule has 0 atom stereocenters. The summed E-state index contributed by atoms with van der Waals surface area (Å²) >= 11 is 0. The fraction of sp³-hybridized carbons (Fsp3) is 0.500. The summed E-state index contributed by atoms with van der Waals surface area (Å²) in [6.07, 6.45) is 2.70. The van der Waals surface area contributed by atoms with Gasteiger partial charge in [-0.05, 0) is 24.1 Å². The molecule has 0 amide bonds. The van der Waals surface area contributed by atoms with Gasteiger partial charge in [0, 0.05) is 6.61 Å². The topological polar surface area (TPSA) is 42.2 Å². The molecule has 0 bridgehead atoms. The van der Waals surface area contributed by atoms with Crippen molar-refractivity contribution in [1.29, 1.82) is 5.26 Å². The Hall–Kier alpha value is -1.53. The van der Waals surface area contributed by atoms with Crippen molar-refractivity contribution in [2.24, 2.45) is 0 Å². The Labute approximate surface area is 103 Å². The van der Waals surface area contributed by atoms with Gasteiger partial charge in [0.1, 0.15) is 12.4 Å². The van der Waals surface area contributed by atoms with Crippen molar-refractivity contribution in [1.82, 2.24) is 0 Å². The summed E-state index contributed by atoms with van der Waals surface area (Å²) in [6.45, 7) is 4.14. The van der Waals surface area contributed by atoms with Crippen LogP contribution in [0.3, 0.4) is 0 Å². The van der Waals surface area contributed by atoms with Crippen molar-refractivity contribution in [3.05, 3.63) is 29.8 Å². The smallest absolute Gasteiger partial charge is 0.119 e. The summed E-state index contributed by atoms with van der Waals surface area (Å²) in [5.74, 6) is 0.825. The Bertz CT molecular complexity index is 340. The molecule has 0 unspecified atom stereocenters. The van der Waals surface area contributed by atoms with Gasteiger partial charge in [-0.2, -0.15) is 5.26 Å². The van der Waals surface area contributed by atoms with E-state index in [1.54, 1.807) is 0 Å². The van der Waals surface area contributed by atoms with Gasteiger partial charge in [0.2, 0.25) is 0 Å². The lowest BCUT2D eigenvalue weighted by molar-refractivity contribution is 0.0980. The number of ether oxygens (including phenoxy) is 2. The molecule has 3 heteroatoms. The van der Waals surface area contributed by atoms with Crippen LogP contribution < -0.4 is 4.74 Å². The fourth-order valence-electron chi connectivity index (χ4n) is 1.36. The second-order valence-corrected chi connectivity index (χ2v) is 3.79. The van der Waals surface area contributed by atoms with Gasteiger partial charge >= 0.3 is 0 Å². The Morgan fingerprint density at radius 2 is 1.88 bits per heavy atom. The molecular formula is C14H19NO2. The van der Waals surface area contributed by atoms with Crippen LogP contribution in [0.25, 0.3) is 0 Å². The predicted molar refractivity (Wildman–Crippen MR) is 67.0 cm³/mol. The van der Waals surface area contributed by atoms with E-state index in [0.717, 1.165) is 30.8 Å². The van der Waals surface area contributed by atoms with Crippen LogP contribution in [0, 0.1) is 11.3 Å². The summed E-state index contributed by atoms with van der Waals surface area (Å²) < 4.78 is 10.9.